The Labute approximate surface area is 99.1 Å². The molecule has 5 heteroatoms. The molecule has 0 aliphatic rings. The average Bonchev–Trinajstić information content (AvgIpc) is 2.86. The van der Waals surface area contributed by atoms with Crippen molar-refractivity contribution in [2.24, 2.45) is 12.8 Å². The highest BCUT2D eigenvalue weighted by Crippen LogP contribution is 2.21. The summed E-state index contributed by atoms with van der Waals surface area (Å²) < 4.78 is 1.83. The molecule has 2 aromatic rings. The molecule has 0 saturated carbocycles. The van der Waals surface area contributed by atoms with Gasteiger partial charge in [-0.3, -0.25) is 9.67 Å². The minimum Gasteiger partial charge on any atom is -0.324 e. The topological polar surface area (TPSA) is 56.7 Å². The number of nitrogens with zero attached hydrogens (tertiary/aromatic N) is 3. The van der Waals surface area contributed by atoms with Crippen molar-refractivity contribution in [2.45, 2.75) is 25.8 Å². The summed E-state index contributed by atoms with van der Waals surface area (Å²) in [5, 5.41) is 4.40. The van der Waals surface area contributed by atoms with Crippen molar-refractivity contribution in [3.05, 3.63) is 34.0 Å². The lowest BCUT2D eigenvalue weighted by atomic mass is 10.0. The van der Waals surface area contributed by atoms with Gasteiger partial charge in [0.25, 0.3) is 0 Å². The molecule has 86 valence electrons. The normalized spacial score (nSPS) is 12.9. The molecule has 2 heterocycles. The summed E-state index contributed by atoms with van der Waals surface area (Å²) in [6.45, 7) is 2.10. The summed E-state index contributed by atoms with van der Waals surface area (Å²) in [7, 11) is 1.93. The predicted molar refractivity (Wildman–Crippen MR) is 65.3 cm³/mol. The van der Waals surface area contributed by atoms with Crippen molar-refractivity contribution in [1.29, 1.82) is 0 Å². The highest BCUT2D eigenvalue weighted by molar-refractivity contribution is 7.09. The molecule has 0 amide bonds. The highest BCUT2D eigenvalue weighted by atomic mass is 32.1. The first kappa shape index (κ1) is 11.3. The van der Waals surface area contributed by atoms with Gasteiger partial charge in [-0.05, 0) is 6.42 Å². The first-order valence-electron chi connectivity index (χ1n) is 5.36. The van der Waals surface area contributed by atoms with Gasteiger partial charge in [-0.1, -0.05) is 6.92 Å². The van der Waals surface area contributed by atoms with E-state index >= 15 is 0 Å². The third-order valence-electron chi connectivity index (χ3n) is 2.58. The second-order valence-corrected chi connectivity index (χ2v) is 4.81. The van der Waals surface area contributed by atoms with Gasteiger partial charge >= 0.3 is 0 Å². The lowest BCUT2D eigenvalue weighted by Gasteiger charge is -2.09. The fraction of sp³-hybridized carbons (Fsp3) is 0.455. The van der Waals surface area contributed by atoms with Crippen molar-refractivity contribution >= 4 is 11.3 Å². The Bertz CT molecular complexity index is 447. The van der Waals surface area contributed by atoms with E-state index in [0.717, 1.165) is 24.1 Å². The lowest BCUT2D eigenvalue weighted by Crippen LogP contribution is -2.13. The van der Waals surface area contributed by atoms with Crippen LogP contribution in [0.4, 0.5) is 0 Å². The van der Waals surface area contributed by atoms with Crippen LogP contribution in [0, 0.1) is 0 Å². The summed E-state index contributed by atoms with van der Waals surface area (Å²) in [4.78, 5) is 5.28. The second-order valence-electron chi connectivity index (χ2n) is 3.84. The SMILES string of the molecule is CCc1nn(C)cc1C(N)Cc1cncs1. The van der Waals surface area contributed by atoms with Crippen LogP contribution in [0.3, 0.4) is 0 Å². The summed E-state index contributed by atoms with van der Waals surface area (Å²) in [6.07, 6.45) is 5.66. The monoisotopic (exact) mass is 236 g/mol. The lowest BCUT2D eigenvalue weighted by molar-refractivity contribution is 0.718. The van der Waals surface area contributed by atoms with Gasteiger partial charge in [-0.2, -0.15) is 5.10 Å². The predicted octanol–water partition coefficient (Wildman–Crippen LogP) is 1.68. The molecule has 0 bridgehead atoms. The number of hydrogen-bond acceptors (Lipinski definition) is 4. The maximum atomic E-state index is 6.20. The van der Waals surface area contributed by atoms with Crippen molar-refractivity contribution in [1.82, 2.24) is 14.8 Å². The number of thiazole rings is 1. The maximum Gasteiger partial charge on any atom is 0.0794 e. The number of aromatic nitrogens is 3. The Morgan fingerprint density at radius 2 is 2.38 bits per heavy atom. The number of nitrogens with two attached hydrogens (primary N) is 1. The van der Waals surface area contributed by atoms with Crippen molar-refractivity contribution < 1.29 is 0 Å². The van der Waals surface area contributed by atoms with Crippen LogP contribution in [0.1, 0.15) is 29.1 Å². The molecule has 1 atom stereocenters. The van der Waals surface area contributed by atoms with Crippen LogP contribution in [0.5, 0.6) is 0 Å². The average molecular weight is 236 g/mol. The van der Waals surface area contributed by atoms with Crippen LogP contribution in [-0.4, -0.2) is 14.8 Å². The van der Waals surface area contributed by atoms with Gasteiger partial charge < -0.3 is 5.73 Å². The van der Waals surface area contributed by atoms with E-state index in [4.69, 9.17) is 5.73 Å². The van der Waals surface area contributed by atoms with Gasteiger partial charge in [-0.25, -0.2) is 0 Å². The van der Waals surface area contributed by atoms with E-state index in [1.807, 2.05) is 29.6 Å². The Morgan fingerprint density at radius 1 is 1.56 bits per heavy atom. The molecule has 16 heavy (non-hydrogen) atoms. The molecule has 2 aromatic heterocycles. The zero-order valence-electron chi connectivity index (χ0n) is 9.55. The summed E-state index contributed by atoms with van der Waals surface area (Å²) in [6, 6.07) is 0.0177. The molecule has 0 spiro atoms. The van der Waals surface area contributed by atoms with E-state index in [0.29, 0.717) is 0 Å². The molecule has 4 nitrogen and oxygen atoms in total. The molecule has 0 aliphatic carbocycles. The quantitative estimate of drug-likeness (QED) is 0.878. The Balaban J connectivity index is 2.16. The molecular formula is C11H16N4S. The molecule has 0 saturated heterocycles. The van der Waals surface area contributed by atoms with E-state index in [2.05, 4.69) is 17.0 Å². The molecule has 0 radical (unpaired) electrons. The smallest absolute Gasteiger partial charge is 0.0794 e. The highest BCUT2D eigenvalue weighted by Gasteiger charge is 2.14. The van der Waals surface area contributed by atoms with E-state index < -0.39 is 0 Å². The molecule has 0 fully saturated rings. The molecule has 0 aromatic carbocycles. The van der Waals surface area contributed by atoms with Crippen molar-refractivity contribution in [2.75, 3.05) is 0 Å². The molecule has 2 rings (SSSR count). The van der Waals surface area contributed by atoms with Gasteiger partial charge in [0.2, 0.25) is 0 Å². The van der Waals surface area contributed by atoms with Crippen LogP contribution in [-0.2, 0) is 19.9 Å². The van der Waals surface area contributed by atoms with E-state index in [1.165, 1.54) is 4.88 Å². The van der Waals surface area contributed by atoms with Gasteiger partial charge in [0.05, 0.1) is 11.2 Å². The second kappa shape index (κ2) is 4.76. The first-order chi connectivity index (χ1) is 7.70. The van der Waals surface area contributed by atoms with E-state index in [-0.39, 0.29) is 6.04 Å². The minimum absolute atomic E-state index is 0.0177. The number of hydrogen-bond donors (Lipinski definition) is 1. The fourth-order valence-corrected chi connectivity index (χ4v) is 2.46. The van der Waals surface area contributed by atoms with Gasteiger partial charge in [0.1, 0.15) is 0 Å². The van der Waals surface area contributed by atoms with Crippen LogP contribution < -0.4 is 5.73 Å². The van der Waals surface area contributed by atoms with Gasteiger partial charge in [0, 0.05) is 42.3 Å². The maximum absolute atomic E-state index is 6.20. The van der Waals surface area contributed by atoms with Crippen LogP contribution in [0.15, 0.2) is 17.9 Å². The zero-order chi connectivity index (χ0) is 11.5. The van der Waals surface area contributed by atoms with Crippen LogP contribution in [0.25, 0.3) is 0 Å². The van der Waals surface area contributed by atoms with Crippen molar-refractivity contribution in [3.63, 3.8) is 0 Å². The summed E-state index contributed by atoms with van der Waals surface area (Å²) in [5.74, 6) is 0. The minimum atomic E-state index is 0.0177. The number of rotatable bonds is 4. The molecule has 1 unspecified atom stereocenters. The third-order valence-corrected chi connectivity index (χ3v) is 3.38. The van der Waals surface area contributed by atoms with Crippen molar-refractivity contribution in [3.8, 4) is 0 Å². The standard InChI is InChI=1S/C11H16N4S/c1-3-11-9(6-15(2)14-11)10(12)4-8-5-13-7-16-8/h5-7,10H,3-4,12H2,1-2H3. The molecule has 2 N–H and O–H groups in total. The zero-order valence-corrected chi connectivity index (χ0v) is 10.4. The Morgan fingerprint density at radius 3 is 3.00 bits per heavy atom. The summed E-state index contributed by atoms with van der Waals surface area (Å²) in [5.41, 5.74) is 10.3. The Kier molecular flexibility index (Phi) is 3.36. The largest absolute Gasteiger partial charge is 0.324 e. The molecule has 0 aliphatic heterocycles. The summed E-state index contributed by atoms with van der Waals surface area (Å²) >= 11 is 1.65. The third kappa shape index (κ3) is 2.31. The van der Waals surface area contributed by atoms with Crippen LogP contribution in [0.2, 0.25) is 0 Å². The Hall–Kier alpha value is -1.20. The number of aryl methyl sites for hydroxylation is 2. The van der Waals surface area contributed by atoms with Gasteiger partial charge in [0.15, 0.2) is 0 Å². The van der Waals surface area contributed by atoms with Gasteiger partial charge in [-0.15, -0.1) is 11.3 Å². The fourth-order valence-electron chi connectivity index (χ4n) is 1.81. The first-order valence-corrected chi connectivity index (χ1v) is 6.24. The van der Waals surface area contributed by atoms with Crippen LogP contribution >= 0.6 is 11.3 Å². The van der Waals surface area contributed by atoms with E-state index in [9.17, 15) is 0 Å². The molecular weight excluding hydrogens is 220 g/mol. The van der Waals surface area contributed by atoms with E-state index in [1.54, 1.807) is 11.3 Å².